The van der Waals surface area contributed by atoms with Crippen molar-refractivity contribution >= 4 is 39.5 Å². The van der Waals surface area contributed by atoms with Crippen LogP contribution in [0.5, 0.6) is 0 Å². The highest BCUT2D eigenvalue weighted by Crippen LogP contribution is 2.45. The van der Waals surface area contributed by atoms with Crippen LogP contribution in [-0.4, -0.2) is 96.7 Å². The third-order valence-corrected chi connectivity index (χ3v) is 19.4. The van der Waals surface area contributed by atoms with E-state index in [2.05, 4.69) is 48.5 Å². The minimum atomic E-state index is -4.95. The van der Waals surface area contributed by atoms with Crippen molar-refractivity contribution < 1.29 is 80.2 Å². The fourth-order valence-corrected chi connectivity index (χ4v) is 12.8. The summed E-state index contributed by atoms with van der Waals surface area (Å²) in [6.45, 7) is 11.9. The highest BCUT2D eigenvalue weighted by molar-refractivity contribution is 7.47. The molecule has 0 spiro atoms. The van der Waals surface area contributed by atoms with Crippen LogP contribution < -0.4 is 0 Å². The maximum atomic E-state index is 13.0. The highest BCUT2D eigenvalue weighted by Gasteiger charge is 2.30. The van der Waals surface area contributed by atoms with Gasteiger partial charge in [0, 0.05) is 25.7 Å². The fraction of sp³-hybridized carbons (Fsp3) is 0.946. The number of rotatable bonds is 72. The lowest BCUT2D eigenvalue weighted by atomic mass is 9.99. The normalized spacial score (nSPS) is 14.4. The van der Waals surface area contributed by atoms with Gasteiger partial charge < -0.3 is 33.8 Å². The molecule has 0 saturated heterocycles. The van der Waals surface area contributed by atoms with E-state index < -0.39 is 97.5 Å². The molecule has 3 N–H and O–H groups in total. The minimum absolute atomic E-state index is 0.104. The first kappa shape index (κ1) is 91.1. The summed E-state index contributed by atoms with van der Waals surface area (Å²) in [6, 6.07) is 0. The minimum Gasteiger partial charge on any atom is -0.462 e. The predicted octanol–water partition coefficient (Wildman–Crippen LogP) is 21.4. The molecule has 0 heterocycles. The Morgan fingerprint density at radius 3 is 0.817 bits per heavy atom. The summed E-state index contributed by atoms with van der Waals surface area (Å²) in [5.41, 5.74) is 0. The van der Waals surface area contributed by atoms with Crippen molar-refractivity contribution in [3.63, 3.8) is 0 Å². The van der Waals surface area contributed by atoms with Gasteiger partial charge in [0.25, 0.3) is 0 Å². The van der Waals surface area contributed by atoms with Gasteiger partial charge in [-0.2, -0.15) is 0 Å². The summed E-state index contributed by atoms with van der Waals surface area (Å²) >= 11 is 0. The highest BCUT2D eigenvalue weighted by atomic mass is 31.2. The zero-order chi connectivity index (χ0) is 68.7. The Morgan fingerprint density at radius 1 is 0.312 bits per heavy atom. The molecule has 0 aliphatic rings. The second-order valence-corrected chi connectivity index (χ2v) is 30.8. The summed E-state index contributed by atoms with van der Waals surface area (Å²) in [4.78, 5) is 72.6. The molecule has 0 radical (unpaired) electrons. The van der Waals surface area contributed by atoms with Crippen LogP contribution in [-0.2, 0) is 65.4 Å². The first-order valence-electron chi connectivity index (χ1n) is 38.4. The molecule has 93 heavy (non-hydrogen) atoms. The molecule has 0 aromatic carbocycles. The molecule has 3 unspecified atom stereocenters. The number of aliphatic hydroxyl groups excluding tert-OH is 1. The van der Waals surface area contributed by atoms with Crippen molar-refractivity contribution in [3.05, 3.63) is 0 Å². The fourth-order valence-electron chi connectivity index (χ4n) is 11.2. The van der Waals surface area contributed by atoms with Crippen molar-refractivity contribution in [1.29, 1.82) is 0 Å². The van der Waals surface area contributed by atoms with E-state index in [1.165, 1.54) is 186 Å². The maximum absolute atomic E-state index is 13.0. The van der Waals surface area contributed by atoms with Crippen LogP contribution in [0, 0.1) is 17.8 Å². The van der Waals surface area contributed by atoms with Crippen molar-refractivity contribution in [2.24, 2.45) is 17.8 Å². The van der Waals surface area contributed by atoms with Crippen LogP contribution in [0.2, 0.25) is 0 Å². The van der Waals surface area contributed by atoms with Gasteiger partial charge in [-0.1, -0.05) is 325 Å². The van der Waals surface area contributed by atoms with E-state index in [0.717, 1.165) is 108 Å². The second kappa shape index (κ2) is 64.7. The molecule has 552 valence electrons. The largest absolute Gasteiger partial charge is 0.472 e. The van der Waals surface area contributed by atoms with Gasteiger partial charge in [-0.3, -0.25) is 37.3 Å². The summed E-state index contributed by atoms with van der Waals surface area (Å²) in [6.07, 6.45) is 50.1. The average Bonchev–Trinajstić information content (AvgIpc) is 1.46. The lowest BCUT2D eigenvalue weighted by Gasteiger charge is -2.21. The predicted molar refractivity (Wildman–Crippen MR) is 377 cm³/mol. The Morgan fingerprint density at radius 2 is 0.548 bits per heavy atom. The van der Waals surface area contributed by atoms with E-state index in [-0.39, 0.29) is 25.7 Å². The van der Waals surface area contributed by atoms with E-state index in [1.807, 2.05) is 0 Å². The summed E-state index contributed by atoms with van der Waals surface area (Å²) in [7, 11) is -9.90. The van der Waals surface area contributed by atoms with Gasteiger partial charge in [0.05, 0.1) is 26.4 Å². The number of hydrogen-bond donors (Lipinski definition) is 3. The lowest BCUT2D eigenvalue weighted by molar-refractivity contribution is -0.161. The van der Waals surface area contributed by atoms with E-state index in [0.29, 0.717) is 25.7 Å². The van der Waals surface area contributed by atoms with Crippen LogP contribution in [0.4, 0.5) is 0 Å². The zero-order valence-electron chi connectivity index (χ0n) is 60.7. The molecule has 0 saturated carbocycles. The smallest absolute Gasteiger partial charge is 0.462 e. The van der Waals surface area contributed by atoms with Crippen molar-refractivity contribution in [3.8, 4) is 0 Å². The van der Waals surface area contributed by atoms with Gasteiger partial charge in [-0.25, -0.2) is 9.13 Å². The van der Waals surface area contributed by atoms with Crippen molar-refractivity contribution in [1.82, 2.24) is 0 Å². The number of phosphoric ester groups is 2. The first-order chi connectivity index (χ1) is 44.8. The molecule has 6 atom stereocenters. The maximum Gasteiger partial charge on any atom is 0.472 e. The molecule has 0 aromatic rings. The Kier molecular flexibility index (Phi) is 63.4. The number of esters is 4. The molecule has 0 bridgehead atoms. The van der Waals surface area contributed by atoms with Gasteiger partial charge >= 0.3 is 39.5 Å². The van der Waals surface area contributed by atoms with E-state index in [9.17, 15) is 43.2 Å². The Balaban J connectivity index is 5.15. The number of hydrogen-bond acceptors (Lipinski definition) is 15. The van der Waals surface area contributed by atoms with Crippen LogP contribution in [0.3, 0.4) is 0 Å². The number of phosphoric acid groups is 2. The topological polar surface area (TPSA) is 237 Å². The average molecular weight is 1370 g/mol. The van der Waals surface area contributed by atoms with E-state index in [1.54, 1.807) is 0 Å². The summed E-state index contributed by atoms with van der Waals surface area (Å²) < 4.78 is 68.3. The van der Waals surface area contributed by atoms with Gasteiger partial charge in [-0.15, -0.1) is 0 Å². The third kappa shape index (κ3) is 67.0. The Hall–Kier alpha value is -1.94. The second-order valence-electron chi connectivity index (χ2n) is 27.9. The molecule has 0 aromatic heterocycles. The number of carbonyl (C=O) groups excluding carboxylic acids is 4. The van der Waals surface area contributed by atoms with Crippen LogP contribution in [0.1, 0.15) is 376 Å². The van der Waals surface area contributed by atoms with Gasteiger partial charge in [0.15, 0.2) is 12.2 Å². The standard InChI is InChI=1S/C74H144O17P2/c1-8-10-11-12-13-24-34-41-48-55-71(76)84-61-70(91-74(79)58-51-44-37-30-28-32-39-46-53-66(5)6)64-89-93(82,83)87-60-68(75)59-86-92(80,81)88-63-69(62-85-72(77)56-49-42-35-29-27-31-38-45-52-65(3)4)90-73(78)57-50-43-36-26-23-21-19-17-15-14-16-18-20-22-25-33-40-47-54-67(7)9-2/h65-70,75H,8-64H2,1-7H3,(H,80,81)(H,82,83)/t67?,68-,69-,70-/m1/s1. The quantitative estimate of drug-likeness (QED) is 0.0222. The molecule has 0 rings (SSSR count). The molecule has 17 nitrogen and oxygen atoms in total. The SMILES string of the molecule is CCCCCCCCCCCC(=O)OC[C@H](COP(=O)(O)OC[C@H](O)COP(=O)(O)OC[C@@H](COC(=O)CCCCCCCCCCC(C)C)OC(=O)CCCCCCCCCCCCCCCCCCCCC(C)CC)OC(=O)CCCCCCCCCCC(C)C. The Labute approximate surface area is 568 Å². The summed E-state index contributed by atoms with van der Waals surface area (Å²) in [5.74, 6) is 0.190. The van der Waals surface area contributed by atoms with Crippen LogP contribution in [0.15, 0.2) is 0 Å². The molecule has 0 aliphatic carbocycles. The number of unbranched alkanes of at least 4 members (excludes halogenated alkanes) is 39. The van der Waals surface area contributed by atoms with Gasteiger partial charge in [0.1, 0.15) is 19.3 Å². The van der Waals surface area contributed by atoms with Crippen molar-refractivity contribution in [2.75, 3.05) is 39.6 Å². The van der Waals surface area contributed by atoms with Gasteiger partial charge in [-0.05, 0) is 43.4 Å². The zero-order valence-corrected chi connectivity index (χ0v) is 62.5. The number of ether oxygens (including phenoxy) is 4. The molecular weight excluding hydrogens is 1220 g/mol. The molecular formula is C74H144O17P2. The van der Waals surface area contributed by atoms with Gasteiger partial charge in [0.2, 0.25) is 0 Å². The lowest BCUT2D eigenvalue weighted by Crippen LogP contribution is -2.30. The van der Waals surface area contributed by atoms with E-state index in [4.69, 9.17) is 37.0 Å². The molecule has 0 aliphatic heterocycles. The monoisotopic (exact) mass is 1370 g/mol. The Bertz CT molecular complexity index is 1820. The molecule has 19 heteroatoms. The molecule has 0 fully saturated rings. The van der Waals surface area contributed by atoms with Crippen molar-refractivity contribution in [2.45, 2.75) is 394 Å². The summed E-state index contributed by atoms with van der Waals surface area (Å²) in [5, 5.41) is 10.6. The molecule has 0 amide bonds. The van der Waals surface area contributed by atoms with Crippen LogP contribution in [0.25, 0.3) is 0 Å². The number of carbonyl (C=O) groups is 4. The first-order valence-corrected chi connectivity index (χ1v) is 41.4. The van der Waals surface area contributed by atoms with E-state index >= 15 is 0 Å². The van der Waals surface area contributed by atoms with Crippen LogP contribution >= 0.6 is 15.6 Å². The third-order valence-electron chi connectivity index (χ3n) is 17.5. The number of aliphatic hydroxyl groups is 1.